The lowest BCUT2D eigenvalue weighted by atomic mass is 9.81. The fourth-order valence-electron chi connectivity index (χ4n) is 3.42. The van der Waals surface area contributed by atoms with Gasteiger partial charge in [0.25, 0.3) is 0 Å². The summed E-state index contributed by atoms with van der Waals surface area (Å²) < 4.78 is 26.0. The molecule has 0 aromatic carbocycles. The van der Waals surface area contributed by atoms with E-state index in [2.05, 4.69) is 21.9 Å². The number of H-pyrrole nitrogens is 1. The van der Waals surface area contributed by atoms with Crippen LogP contribution in [-0.4, -0.2) is 60.5 Å². The molecule has 2 aliphatic heterocycles. The number of sulfonamides is 1. The molecule has 19 heavy (non-hydrogen) atoms. The first kappa shape index (κ1) is 13.1. The van der Waals surface area contributed by atoms with E-state index in [4.69, 9.17) is 0 Å². The maximum atomic E-state index is 12.1. The Kier molecular flexibility index (Phi) is 2.95. The molecule has 0 atom stereocenters. The molecule has 3 heterocycles. The maximum Gasteiger partial charge on any atom is 0.212 e. The lowest BCUT2D eigenvalue weighted by molar-refractivity contribution is 0.0750. The Hall–Kier alpha value is -0.920. The topological polar surface area (TPSA) is 69.3 Å². The third kappa shape index (κ3) is 2.00. The predicted molar refractivity (Wildman–Crippen MR) is 72.3 cm³/mol. The standard InChI is InChI=1S/C12H20N4O2S/c1-15-7-4-12(5-8-15)11-10(13-9-14-11)3-6-16(12)19(2,17)18/h9H,3-8H2,1-2H3,(H,13,14). The highest BCUT2D eigenvalue weighted by atomic mass is 32.2. The minimum absolute atomic E-state index is 0.437. The molecule has 0 unspecified atom stereocenters. The van der Waals surface area contributed by atoms with Gasteiger partial charge in [0, 0.05) is 31.7 Å². The number of aromatic amines is 1. The summed E-state index contributed by atoms with van der Waals surface area (Å²) in [6, 6.07) is 0. The molecular formula is C12H20N4O2S. The van der Waals surface area contributed by atoms with Crippen LogP contribution >= 0.6 is 0 Å². The van der Waals surface area contributed by atoms with E-state index < -0.39 is 15.6 Å². The van der Waals surface area contributed by atoms with Crippen LogP contribution in [0.4, 0.5) is 0 Å². The van der Waals surface area contributed by atoms with Gasteiger partial charge in [0.2, 0.25) is 10.0 Å². The molecule has 1 spiro atoms. The van der Waals surface area contributed by atoms with Gasteiger partial charge in [-0.3, -0.25) is 0 Å². The number of rotatable bonds is 1. The molecule has 0 saturated carbocycles. The summed E-state index contributed by atoms with van der Waals surface area (Å²) in [5, 5.41) is 0. The summed E-state index contributed by atoms with van der Waals surface area (Å²) in [4.78, 5) is 9.85. The zero-order chi connectivity index (χ0) is 13.7. The third-order valence-electron chi connectivity index (χ3n) is 4.42. The molecule has 0 bridgehead atoms. The molecule has 7 heteroatoms. The Morgan fingerprint density at radius 2 is 2.00 bits per heavy atom. The Morgan fingerprint density at radius 1 is 1.32 bits per heavy atom. The van der Waals surface area contributed by atoms with Gasteiger partial charge < -0.3 is 9.88 Å². The molecule has 1 N–H and O–H groups in total. The van der Waals surface area contributed by atoms with Gasteiger partial charge in [0.1, 0.15) is 0 Å². The number of piperidine rings is 1. The summed E-state index contributed by atoms with van der Waals surface area (Å²) in [5.74, 6) is 0. The van der Waals surface area contributed by atoms with Crippen molar-refractivity contribution in [2.75, 3.05) is 32.9 Å². The fourth-order valence-corrected chi connectivity index (χ4v) is 4.74. The van der Waals surface area contributed by atoms with Gasteiger partial charge in [-0.25, -0.2) is 13.4 Å². The van der Waals surface area contributed by atoms with E-state index in [0.717, 1.165) is 43.7 Å². The SMILES string of the molecule is CN1CCC2(CC1)c1nc[nH]c1CCN2S(C)(=O)=O. The van der Waals surface area contributed by atoms with Gasteiger partial charge in [0.05, 0.1) is 23.8 Å². The van der Waals surface area contributed by atoms with E-state index in [0.29, 0.717) is 6.54 Å². The van der Waals surface area contributed by atoms with Crippen molar-refractivity contribution >= 4 is 10.0 Å². The van der Waals surface area contributed by atoms with E-state index in [-0.39, 0.29) is 0 Å². The predicted octanol–water partition coefficient (Wildman–Crippen LogP) is 0.148. The quantitative estimate of drug-likeness (QED) is 0.797. The Bertz CT molecular complexity index is 572. The molecule has 0 aliphatic carbocycles. The molecule has 1 fully saturated rings. The van der Waals surface area contributed by atoms with Crippen LogP contribution in [0.3, 0.4) is 0 Å². The van der Waals surface area contributed by atoms with E-state index >= 15 is 0 Å². The number of imidazole rings is 1. The lowest BCUT2D eigenvalue weighted by Gasteiger charge is -2.48. The second-order valence-corrected chi connectivity index (χ2v) is 7.56. The van der Waals surface area contributed by atoms with Gasteiger partial charge in [0.15, 0.2) is 0 Å². The molecule has 106 valence electrons. The van der Waals surface area contributed by atoms with Gasteiger partial charge in [-0.15, -0.1) is 0 Å². The molecule has 6 nitrogen and oxygen atoms in total. The summed E-state index contributed by atoms with van der Waals surface area (Å²) in [6.07, 6.45) is 5.35. The molecule has 2 aliphatic rings. The first-order chi connectivity index (χ1) is 8.93. The van der Waals surface area contributed by atoms with Crippen molar-refractivity contribution in [3.63, 3.8) is 0 Å². The van der Waals surface area contributed by atoms with E-state index in [1.807, 2.05) is 0 Å². The van der Waals surface area contributed by atoms with E-state index in [9.17, 15) is 8.42 Å². The van der Waals surface area contributed by atoms with Gasteiger partial charge in [-0.05, 0) is 19.9 Å². The van der Waals surface area contributed by atoms with Crippen LogP contribution in [0.25, 0.3) is 0 Å². The summed E-state index contributed by atoms with van der Waals surface area (Å²) in [6.45, 7) is 2.36. The lowest BCUT2D eigenvalue weighted by Crippen LogP contribution is -2.57. The van der Waals surface area contributed by atoms with Crippen molar-refractivity contribution in [2.45, 2.75) is 24.8 Å². The van der Waals surface area contributed by atoms with Gasteiger partial charge in [-0.2, -0.15) is 4.31 Å². The molecule has 1 aromatic rings. The number of hydrogen-bond acceptors (Lipinski definition) is 4. The number of nitrogens with one attached hydrogen (secondary N) is 1. The first-order valence-electron chi connectivity index (χ1n) is 6.62. The third-order valence-corrected chi connectivity index (χ3v) is 5.75. The minimum atomic E-state index is -3.21. The maximum absolute atomic E-state index is 12.1. The number of fused-ring (bicyclic) bond motifs is 2. The van der Waals surface area contributed by atoms with Crippen molar-refractivity contribution < 1.29 is 8.42 Å². The summed E-state index contributed by atoms with van der Waals surface area (Å²) in [7, 11) is -1.14. The van der Waals surface area contributed by atoms with Crippen LogP contribution in [0.1, 0.15) is 24.2 Å². The molecule has 0 radical (unpaired) electrons. The van der Waals surface area contributed by atoms with Crippen LogP contribution in [0, 0.1) is 0 Å². The zero-order valence-electron chi connectivity index (χ0n) is 11.4. The zero-order valence-corrected chi connectivity index (χ0v) is 12.2. The van der Waals surface area contributed by atoms with Gasteiger partial charge in [-0.1, -0.05) is 0 Å². The van der Waals surface area contributed by atoms with Crippen molar-refractivity contribution in [1.29, 1.82) is 0 Å². The van der Waals surface area contributed by atoms with E-state index in [1.54, 1.807) is 10.6 Å². The number of nitrogens with zero attached hydrogens (tertiary/aromatic N) is 3. The highest BCUT2D eigenvalue weighted by molar-refractivity contribution is 7.88. The summed E-state index contributed by atoms with van der Waals surface area (Å²) >= 11 is 0. The molecule has 3 rings (SSSR count). The molecule has 0 amide bonds. The Balaban J connectivity index is 2.09. The molecular weight excluding hydrogens is 264 g/mol. The molecule has 1 aromatic heterocycles. The highest BCUT2D eigenvalue weighted by Crippen LogP contribution is 2.43. The second kappa shape index (κ2) is 4.29. The van der Waals surface area contributed by atoms with Crippen molar-refractivity contribution in [1.82, 2.24) is 19.2 Å². The van der Waals surface area contributed by atoms with Crippen molar-refractivity contribution in [3.05, 3.63) is 17.7 Å². The average Bonchev–Trinajstić information content (AvgIpc) is 2.81. The average molecular weight is 284 g/mol. The number of aromatic nitrogens is 2. The largest absolute Gasteiger partial charge is 0.348 e. The highest BCUT2D eigenvalue weighted by Gasteiger charge is 2.49. The number of hydrogen-bond donors (Lipinski definition) is 1. The van der Waals surface area contributed by atoms with Crippen LogP contribution < -0.4 is 0 Å². The van der Waals surface area contributed by atoms with Crippen molar-refractivity contribution in [2.24, 2.45) is 0 Å². The van der Waals surface area contributed by atoms with Gasteiger partial charge >= 0.3 is 0 Å². The Labute approximate surface area is 113 Å². The first-order valence-corrected chi connectivity index (χ1v) is 8.47. The fraction of sp³-hybridized carbons (Fsp3) is 0.750. The van der Waals surface area contributed by atoms with Crippen molar-refractivity contribution in [3.8, 4) is 0 Å². The van der Waals surface area contributed by atoms with Crippen LogP contribution in [0.5, 0.6) is 0 Å². The smallest absolute Gasteiger partial charge is 0.212 e. The van der Waals surface area contributed by atoms with Crippen LogP contribution in [-0.2, 0) is 22.0 Å². The monoisotopic (exact) mass is 284 g/mol. The minimum Gasteiger partial charge on any atom is -0.348 e. The van der Waals surface area contributed by atoms with E-state index in [1.165, 1.54) is 6.26 Å². The molecule has 1 saturated heterocycles. The van der Waals surface area contributed by atoms with Crippen LogP contribution in [0.15, 0.2) is 6.33 Å². The summed E-state index contributed by atoms with van der Waals surface area (Å²) in [5.41, 5.74) is 1.61. The second-order valence-electron chi connectivity index (χ2n) is 5.65. The van der Waals surface area contributed by atoms with Crippen LogP contribution in [0.2, 0.25) is 0 Å². The number of likely N-dealkylation sites (tertiary alicyclic amines) is 1. The normalized spacial score (nSPS) is 24.5. The Morgan fingerprint density at radius 3 is 2.63 bits per heavy atom.